The number of nitrogens with zero attached hydrogens (tertiary/aromatic N) is 1. The second-order valence-electron chi connectivity index (χ2n) is 7.42. The summed E-state index contributed by atoms with van der Waals surface area (Å²) < 4.78 is 0. The molecule has 3 rings (SSSR count). The summed E-state index contributed by atoms with van der Waals surface area (Å²) in [6.07, 6.45) is 5.34. The third kappa shape index (κ3) is 4.82. The molecule has 5 nitrogen and oxygen atoms in total. The van der Waals surface area contributed by atoms with Crippen LogP contribution in [0.2, 0.25) is 0 Å². The van der Waals surface area contributed by atoms with Gasteiger partial charge in [0.05, 0.1) is 0 Å². The highest BCUT2D eigenvalue weighted by molar-refractivity contribution is 5.80. The first-order chi connectivity index (χ1) is 12.1. The fourth-order valence-electron chi connectivity index (χ4n) is 3.99. The number of rotatable bonds is 5. The van der Waals surface area contributed by atoms with Crippen molar-refractivity contribution in [2.75, 3.05) is 13.1 Å². The lowest BCUT2D eigenvalue weighted by molar-refractivity contribution is -0.136. The number of carbonyl (C=O) groups is 2. The third-order valence-corrected chi connectivity index (χ3v) is 5.68. The van der Waals surface area contributed by atoms with E-state index in [9.17, 15) is 9.59 Å². The zero-order valence-electron chi connectivity index (χ0n) is 14.8. The molecule has 3 N–H and O–H groups in total. The van der Waals surface area contributed by atoms with Gasteiger partial charge in [-0.2, -0.15) is 0 Å². The minimum atomic E-state index is 0.0153. The predicted octanol–water partition coefficient (Wildman–Crippen LogP) is 2.06. The summed E-state index contributed by atoms with van der Waals surface area (Å²) in [5.74, 6) is 0.681. The summed E-state index contributed by atoms with van der Waals surface area (Å²) in [7, 11) is 0. The Morgan fingerprint density at radius 1 is 1.08 bits per heavy atom. The van der Waals surface area contributed by atoms with Crippen LogP contribution in [0.15, 0.2) is 30.3 Å². The maximum absolute atomic E-state index is 12.5. The summed E-state index contributed by atoms with van der Waals surface area (Å²) in [5.41, 5.74) is 7.18. The van der Waals surface area contributed by atoms with Crippen LogP contribution in [-0.4, -0.2) is 35.8 Å². The monoisotopic (exact) mass is 343 g/mol. The fraction of sp³-hybridized carbons (Fsp3) is 0.600. The third-order valence-electron chi connectivity index (χ3n) is 5.68. The van der Waals surface area contributed by atoms with Crippen LogP contribution in [0, 0.1) is 11.8 Å². The minimum absolute atomic E-state index is 0.0153. The average molecular weight is 343 g/mol. The highest BCUT2D eigenvalue weighted by Crippen LogP contribution is 2.28. The predicted molar refractivity (Wildman–Crippen MR) is 97.5 cm³/mol. The van der Waals surface area contributed by atoms with Gasteiger partial charge >= 0.3 is 0 Å². The maximum Gasteiger partial charge on any atom is 0.223 e. The second-order valence-corrected chi connectivity index (χ2v) is 7.42. The van der Waals surface area contributed by atoms with Gasteiger partial charge in [-0.3, -0.25) is 9.59 Å². The molecule has 1 aliphatic heterocycles. The van der Waals surface area contributed by atoms with Gasteiger partial charge in [0.2, 0.25) is 11.8 Å². The summed E-state index contributed by atoms with van der Waals surface area (Å²) in [4.78, 5) is 26.7. The molecule has 1 aromatic rings. The standard InChI is InChI=1S/C20H29N3O2/c21-18-8-4-7-17(18)13-19(24)23-11-9-16(10-12-23)20(25)22-14-15-5-2-1-3-6-15/h1-3,5-6,16-18H,4,7-14,21H2,(H,22,25)/t17-,18+/m0/s1. The topological polar surface area (TPSA) is 75.4 Å². The second kappa shape index (κ2) is 8.48. The van der Waals surface area contributed by atoms with Gasteiger partial charge in [0, 0.05) is 38.0 Å². The number of hydrogen-bond acceptors (Lipinski definition) is 3. The van der Waals surface area contributed by atoms with Crippen molar-refractivity contribution in [3.63, 3.8) is 0 Å². The number of likely N-dealkylation sites (tertiary alicyclic amines) is 1. The zero-order chi connectivity index (χ0) is 17.6. The molecule has 1 saturated heterocycles. The number of carbonyl (C=O) groups excluding carboxylic acids is 2. The average Bonchev–Trinajstić information content (AvgIpc) is 3.05. The Bertz CT molecular complexity index is 582. The molecule has 0 aromatic heterocycles. The van der Waals surface area contributed by atoms with Crippen molar-refractivity contribution >= 4 is 11.8 Å². The molecular weight excluding hydrogens is 314 g/mol. The first-order valence-corrected chi connectivity index (χ1v) is 9.48. The van der Waals surface area contributed by atoms with Crippen LogP contribution < -0.4 is 11.1 Å². The number of benzene rings is 1. The maximum atomic E-state index is 12.5. The van der Waals surface area contributed by atoms with E-state index in [0.717, 1.165) is 37.7 Å². The Kier molecular flexibility index (Phi) is 6.08. The van der Waals surface area contributed by atoms with Gasteiger partial charge in [-0.25, -0.2) is 0 Å². The summed E-state index contributed by atoms with van der Waals surface area (Å²) in [6.45, 7) is 1.94. The smallest absolute Gasteiger partial charge is 0.223 e. The summed E-state index contributed by atoms with van der Waals surface area (Å²) in [6, 6.07) is 10.1. The Hall–Kier alpha value is -1.88. The molecule has 136 valence electrons. The van der Waals surface area contributed by atoms with E-state index in [1.165, 1.54) is 0 Å². The molecule has 1 aromatic carbocycles. The molecule has 25 heavy (non-hydrogen) atoms. The van der Waals surface area contributed by atoms with Gasteiger partial charge in [0.15, 0.2) is 0 Å². The molecule has 1 saturated carbocycles. The van der Waals surface area contributed by atoms with E-state index in [4.69, 9.17) is 5.73 Å². The molecule has 1 heterocycles. The lowest BCUT2D eigenvalue weighted by atomic mass is 9.94. The number of nitrogens with one attached hydrogen (secondary N) is 1. The van der Waals surface area contributed by atoms with Gasteiger partial charge in [0.1, 0.15) is 0 Å². The Morgan fingerprint density at radius 2 is 1.80 bits per heavy atom. The minimum Gasteiger partial charge on any atom is -0.352 e. The van der Waals surface area contributed by atoms with Gasteiger partial charge in [-0.1, -0.05) is 36.8 Å². The summed E-state index contributed by atoms with van der Waals surface area (Å²) >= 11 is 0. The van der Waals surface area contributed by atoms with E-state index >= 15 is 0 Å². The van der Waals surface area contributed by atoms with Crippen LogP contribution in [0.1, 0.15) is 44.1 Å². The van der Waals surface area contributed by atoms with Gasteiger partial charge in [0.25, 0.3) is 0 Å². The van der Waals surface area contributed by atoms with Crippen LogP contribution in [-0.2, 0) is 16.1 Å². The summed E-state index contributed by atoms with van der Waals surface area (Å²) in [5, 5.41) is 3.02. The van der Waals surface area contributed by atoms with Crippen LogP contribution in [0.4, 0.5) is 0 Å². The normalized spacial score (nSPS) is 24.3. The molecule has 2 aliphatic rings. The Morgan fingerprint density at radius 3 is 2.44 bits per heavy atom. The van der Waals surface area contributed by atoms with Crippen molar-refractivity contribution in [1.82, 2.24) is 10.2 Å². The lowest BCUT2D eigenvalue weighted by Gasteiger charge is -2.32. The van der Waals surface area contributed by atoms with Crippen LogP contribution in [0.5, 0.6) is 0 Å². The van der Waals surface area contributed by atoms with Crippen LogP contribution >= 0.6 is 0 Å². The van der Waals surface area contributed by atoms with Gasteiger partial charge in [-0.05, 0) is 37.2 Å². The molecule has 2 atom stereocenters. The number of piperidine rings is 1. The zero-order valence-corrected chi connectivity index (χ0v) is 14.8. The molecule has 0 unspecified atom stereocenters. The van der Waals surface area contributed by atoms with E-state index in [2.05, 4.69) is 5.32 Å². The largest absolute Gasteiger partial charge is 0.352 e. The highest BCUT2D eigenvalue weighted by atomic mass is 16.2. The molecule has 0 spiro atoms. The molecular formula is C20H29N3O2. The Balaban J connectivity index is 1.40. The molecule has 2 amide bonds. The molecule has 1 aliphatic carbocycles. The van der Waals surface area contributed by atoms with E-state index < -0.39 is 0 Å². The van der Waals surface area contributed by atoms with Crippen LogP contribution in [0.3, 0.4) is 0 Å². The van der Waals surface area contributed by atoms with Crippen molar-refractivity contribution in [2.24, 2.45) is 17.6 Å². The van der Waals surface area contributed by atoms with E-state index in [0.29, 0.717) is 32.0 Å². The Labute approximate surface area is 150 Å². The van der Waals surface area contributed by atoms with E-state index in [1.54, 1.807) is 0 Å². The molecule has 0 bridgehead atoms. The number of hydrogen-bond donors (Lipinski definition) is 2. The molecule has 5 heteroatoms. The first kappa shape index (κ1) is 17.9. The number of nitrogens with two attached hydrogens (primary N) is 1. The van der Waals surface area contributed by atoms with Crippen molar-refractivity contribution < 1.29 is 9.59 Å². The quantitative estimate of drug-likeness (QED) is 0.859. The lowest BCUT2D eigenvalue weighted by Crippen LogP contribution is -2.44. The van der Waals surface area contributed by atoms with E-state index in [1.807, 2.05) is 35.2 Å². The molecule has 0 radical (unpaired) electrons. The fourth-order valence-corrected chi connectivity index (χ4v) is 3.99. The van der Waals surface area contributed by atoms with Crippen molar-refractivity contribution in [1.29, 1.82) is 0 Å². The molecule has 2 fully saturated rings. The van der Waals surface area contributed by atoms with Crippen molar-refractivity contribution in [3.8, 4) is 0 Å². The first-order valence-electron chi connectivity index (χ1n) is 9.48. The van der Waals surface area contributed by atoms with Gasteiger partial charge < -0.3 is 16.0 Å². The highest BCUT2D eigenvalue weighted by Gasteiger charge is 2.31. The van der Waals surface area contributed by atoms with Gasteiger partial charge in [-0.15, -0.1) is 0 Å². The number of amides is 2. The SMILES string of the molecule is N[C@@H]1CCC[C@H]1CC(=O)N1CCC(C(=O)NCc2ccccc2)CC1. The van der Waals surface area contributed by atoms with Crippen LogP contribution in [0.25, 0.3) is 0 Å². The van der Waals surface area contributed by atoms with Crippen molar-refractivity contribution in [3.05, 3.63) is 35.9 Å². The van der Waals surface area contributed by atoms with Crippen molar-refractivity contribution in [2.45, 2.75) is 51.1 Å². The van der Waals surface area contributed by atoms with E-state index in [-0.39, 0.29) is 23.8 Å².